The Morgan fingerprint density at radius 1 is 1.21 bits per heavy atom. The van der Waals surface area contributed by atoms with Crippen molar-refractivity contribution in [1.29, 1.82) is 0 Å². The van der Waals surface area contributed by atoms with Crippen molar-refractivity contribution in [2.45, 2.75) is 6.54 Å². The van der Waals surface area contributed by atoms with Crippen LogP contribution in [0.2, 0.25) is 8.67 Å². The number of rotatable bonds is 5. The smallest absolute Gasteiger partial charge is 0.262 e. The van der Waals surface area contributed by atoms with Crippen molar-refractivity contribution in [1.82, 2.24) is 9.97 Å². The van der Waals surface area contributed by atoms with Crippen LogP contribution in [0.5, 0.6) is 5.75 Å². The highest BCUT2D eigenvalue weighted by atomic mass is 35.5. The van der Waals surface area contributed by atoms with Crippen molar-refractivity contribution in [3.05, 3.63) is 68.6 Å². The van der Waals surface area contributed by atoms with Gasteiger partial charge in [0.1, 0.15) is 15.6 Å². The Kier molecular flexibility index (Phi) is 5.50. The summed E-state index contributed by atoms with van der Waals surface area (Å²) in [5, 5.41) is 0.548. The van der Waals surface area contributed by atoms with Crippen molar-refractivity contribution >= 4 is 67.1 Å². The first-order valence-corrected chi connectivity index (χ1v) is 10.5. The molecule has 0 saturated carbocycles. The number of amides is 1. The van der Waals surface area contributed by atoms with E-state index in [0.29, 0.717) is 37.2 Å². The van der Waals surface area contributed by atoms with Gasteiger partial charge in [0.15, 0.2) is 5.13 Å². The van der Waals surface area contributed by atoms with Crippen LogP contribution in [0.4, 0.5) is 5.13 Å². The summed E-state index contributed by atoms with van der Waals surface area (Å²) in [6, 6.07) is 11.0. The molecule has 0 fully saturated rings. The zero-order valence-electron chi connectivity index (χ0n) is 14.6. The molecule has 28 heavy (non-hydrogen) atoms. The lowest BCUT2D eigenvalue weighted by Gasteiger charge is -2.19. The molecule has 3 aromatic heterocycles. The number of methoxy groups -OCH3 is 1. The maximum atomic E-state index is 13.3. The molecule has 1 aromatic carbocycles. The Morgan fingerprint density at radius 3 is 2.75 bits per heavy atom. The van der Waals surface area contributed by atoms with Crippen LogP contribution in [0, 0.1) is 0 Å². The second-order valence-corrected chi connectivity index (χ2v) is 9.09. The normalized spacial score (nSPS) is 11.0. The first-order chi connectivity index (χ1) is 13.6. The van der Waals surface area contributed by atoms with Crippen molar-refractivity contribution in [3.8, 4) is 5.75 Å². The molecule has 0 atom stereocenters. The Labute approximate surface area is 179 Å². The average Bonchev–Trinajstić information content (AvgIpc) is 3.28. The van der Waals surface area contributed by atoms with Gasteiger partial charge in [-0.1, -0.05) is 46.7 Å². The van der Waals surface area contributed by atoms with Crippen molar-refractivity contribution in [2.24, 2.45) is 0 Å². The van der Waals surface area contributed by atoms with E-state index in [4.69, 9.17) is 27.9 Å². The van der Waals surface area contributed by atoms with Gasteiger partial charge in [-0.3, -0.25) is 14.7 Å². The van der Waals surface area contributed by atoms with Gasteiger partial charge in [0, 0.05) is 12.4 Å². The maximum Gasteiger partial charge on any atom is 0.262 e. The number of halogens is 2. The van der Waals surface area contributed by atoms with Crippen molar-refractivity contribution < 1.29 is 9.53 Å². The zero-order valence-corrected chi connectivity index (χ0v) is 17.7. The summed E-state index contributed by atoms with van der Waals surface area (Å²) in [6.07, 6.45) is 3.41. The SMILES string of the molecule is COc1cccc2sc(N(Cc3cccnc3)C(=O)c3cc(Cl)sc3Cl)nc12. The van der Waals surface area contributed by atoms with E-state index in [1.807, 2.05) is 30.3 Å². The van der Waals surface area contributed by atoms with Crippen LogP contribution < -0.4 is 9.64 Å². The van der Waals surface area contributed by atoms with Crippen LogP contribution in [-0.2, 0) is 6.54 Å². The molecule has 0 unspecified atom stereocenters. The lowest BCUT2D eigenvalue weighted by atomic mass is 10.2. The topological polar surface area (TPSA) is 55.3 Å². The van der Waals surface area contributed by atoms with Crippen molar-refractivity contribution in [3.63, 3.8) is 0 Å². The Hall–Kier alpha value is -2.19. The molecule has 0 aliphatic carbocycles. The van der Waals surface area contributed by atoms with E-state index in [9.17, 15) is 4.79 Å². The van der Waals surface area contributed by atoms with Crippen LogP contribution in [0.1, 0.15) is 15.9 Å². The second kappa shape index (κ2) is 8.05. The Balaban J connectivity index is 1.81. The number of para-hydroxylation sites is 1. The lowest BCUT2D eigenvalue weighted by molar-refractivity contribution is 0.0985. The molecule has 1 amide bonds. The minimum Gasteiger partial charge on any atom is -0.494 e. The molecule has 9 heteroatoms. The van der Waals surface area contributed by atoms with Crippen LogP contribution in [-0.4, -0.2) is 23.0 Å². The van der Waals surface area contributed by atoms with E-state index in [2.05, 4.69) is 9.97 Å². The fraction of sp³-hybridized carbons (Fsp3) is 0.105. The summed E-state index contributed by atoms with van der Waals surface area (Å²) in [4.78, 5) is 23.7. The number of pyridine rings is 1. The fourth-order valence-corrected chi connectivity index (χ4v) is 5.15. The number of ether oxygens (including phenoxy) is 1. The van der Waals surface area contributed by atoms with Gasteiger partial charge in [-0.2, -0.15) is 0 Å². The average molecular weight is 450 g/mol. The van der Waals surface area contributed by atoms with Crippen molar-refractivity contribution in [2.75, 3.05) is 12.0 Å². The van der Waals surface area contributed by atoms with Crippen LogP contribution in [0.15, 0.2) is 48.8 Å². The number of nitrogens with zero attached hydrogens (tertiary/aromatic N) is 3. The van der Waals surface area contributed by atoms with Crippen LogP contribution in [0.3, 0.4) is 0 Å². The summed E-state index contributed by atoms with van der Waals surface area (Å²) < 4.78 is 7.13. The Morgan fingerprint density at radius 2 is 2.07 bits per heavy atom. The van der Waals surface area contributed by atoms with E-state index >= 15 is 0 Å². The number of fused-ring (bicyclic) bond motifs is 1. The third kappa shape index (κ3) is 3.71. The fourth-order valence-electron chi connectivity index (χ4n) is 2.72. The van der Waals surface area contributed by atoms with Gasteiger partial charge < -0.3 is 4.74 Å². The predicted molar refractivity (Wildman–Crippen MR) is 115 cm³/mol. The van der Waals surface area contributed by atoms with Gasteiger partial charge in [0.05, 0.1) is 28.3 Å². The van der Waals surface area contributed by atoms with E-state index in [1.54, 1.807) is 30.5 Å². The summed E-state index contributed by atoms with van der Waals surface area (Å²) in [5.41, 5.74) is 1.94. The summed E-state index contributed by atoms with van der Waals surface area (Å²) in [5.74, 6) is 0.389. The molecule has 4 aromatic rings. The number of hydrogen-bond donors (Lipinski definition) is 0. The first kappa shape index (κ1) is 19.1. The third-order valence-corrected chi connectivity index (χ3v) is 6.55. The molecule has 0 N–H and O–H groups in total. The molecule has 0 radical (unpaired) electrons. The number of anilines is 1. The quantitative estimate of drug-likeness (QED) is 0.379. The van der Waals surface area contributed by atoms with Gasteiger partial charge in [0.2, 0.25) is 0 Å². The zero-order chi connectivity index (χ0) is 19.7. The van der Waals surface area contributed by atoms with Gasteiger partial charge >= 0.3 is 0 Å². The summed E-state index contributed by atoms with van der Waals surface area (Å²) in [6.45, 7) is 0.304. The molecule has 3 heterocycles. The van der Waals surface area contributed by atoms with Gasteiger partial charge in [-0.15, -0.1) is 11.3 Å². The molecule has 0 bridgehead atoms. The Bertz CT molecular complexity index is 1140. The van der Waals surface area contributed by atoms with E-state index in [1.165, 1.54) is 11.3 Å². The molecule has 142 valence electrons. The highest BCUT2D eigenvalue weighted by molar-refractivity contribution is 7.22. The molecular weight excluding hydrogens is 437 g/mol. The molecule has 0 saturated heterocycles. The second-order valence-electron chi connectivity index (χ2n) is 5.79. The number of carbonyl (C=O) groups excluding carboxylic acids is 1. The largest absolute Gasteiger partial charge is 0.494 e. The molecular formula is C19H13Cl2N3O2S2. The molecule has 0 spiro atoms. The van der Waals surface area contributed by atoms with Gasteiger partial charge in [-0.05, 0) is 29.8 Å². The predicted octanol–water partition coefficient (Wildman–Crippen LogP) is 5.92. The minimum atomic E-state index is -0.268. The highest BCUT2D eigenvalue weighted by Crippen LogP contribution is 2.37. The van der Waals surface area contributed by atoms with E-state index in [-0.39, 0.29) is 5.91 Å². The molecule has 0 aliphatic rings. The standard InChI is InChI=1S/C19H13Cl2N3O2S2/c1-26-13-5-2-6-14-16(13)23-19(27-14)24(10-11-4-3-7-22-9-11)18(25)12-8-15(20)28-17(12)21/h2-9H,10H2,1H3. The number of carbonyl (C=O) groups is 1. The van der Waals surface area contributed by atoms with Crippen LogP contribution in [0.25, 0.3) is 10.2 Å². The number of thiazole rings is 1. The molecule has 0 aliphatic heterocycles. The number of benzene rings is 1. The number of thiophene rings is 1. The first-order valence-electron chi connectivity index (χ1n) is 8.16. The minimum absolute atomic E-state index is 0.268. The van der Waals surface area contributed by atoms with E-state index < -0.39 is 0 Å². The summed E-state index contributed by atoms with van der Waals surface area (Å²) >= 11 is 14.9. The number of aromatic nitrogens is 2. The van der Waals surface area contributed by atoms with Crippen LogP contribution >= 0.6 is 45.9 Å². The molecule has 5 nitrogen and oxygen atoms in total. The lowest BCUT2D eigenvalue weighted by Crippen LogP contribution is -2.30. The highest BCUT2D eigenvalue weighted by Gasteiger charge is 2.25. The van der Waals surface area contributed by atoms with Gasteiger partial charge in [-0.25, -0.2) is 4.98 Å². The van der Waals surface area contributed by atoms with E-state index in [0.717, 1.165) is 21.6 Å². The number of hydrogen-bond acceptors (Lipinski definition) is 6. The molecule has 4 rings (SSSR count). The monoisotopic (exact) mass is 449 g/mol. The summed E-state index contributed by atoms with van der Waals surface area (Å²) in [7, 11) is 1.60. The maximum absolute atomic E-state index is 13.3. The van der Waals surface area contributed by atoms with Gasteiger partial charge in [0.25, 0.3) is 5.91 Å². The third-order valence-electron chi connectivity index (χ3n) is 4.02.